The van der Waals surface area contributed by atoms with Gasteiger partial charge in [-0.2, -0.15) is 0 Å². The molecule has 3 nitrogen and oxygen atoms in total. The van der Waals surface area contributed by atoms with Crippen LogP contribution in [0, 0.1) is 0 Å². The van der Waals surface area contributed by atoms with Crippen LogP contribution >= 0.6 is 0 Å². The summed E-state index contributed by atoms with van der Waals surface area (Å²) in [7, 11) is 0. The van der Waals surface area contributed by atoms with Gasteiger partial charge in [0.15, 0.2) is 0 Å². The highest BCUT2D eigenvalue weighted by atomic mass is 16.2. The van der Waals surface area contributed by atoms with Crippen molar-refractivity contribution >= 4 is 5.91 Å². The summed E-state index contributed by atoms with van der Waals surface area (Å²) in [5.41, 5.74) is 0. The van der Waals surface area contributed by atoms with E-state index in [4.69, 9.17) is 0 Å². The third kappa shape index (κ3) is 1.38. The summed E-state index contributed by atoms with van der Waals surface area (Å²) in [4.78, 5) is 10.9. The maximum Gasteiger partial charge on any atom is 0.234 e. The van der Waals surface area contributed by atoms with Crippen LogP contribution in [-0.2, 0) is 4.79 Å². The van der Waals surface area contributed by atoms with Gasteiger partial charge >= 0.3 is 0 Å². The normalized spacial score (nSPS) is 37.6. The van der Waals surface area contributed by atoms with Crippen LogP contribution in [0.3, 0.4) is 0 Å². The number of amides is 1. The lowest BCUT2D eigenvalue weighted by atomic mass is 9.89. The Hall–Kier alpha value is -0.570. The zero-order valence-electron chi connectivity index (χ0n) is 6.60. The van der Waals surface area contributed by atoms with Crippen LogP contribution in [0.2, 0.25) is 0 Å². The molecule has 0 aromatic rings. The number of carbonyl (C=O) groups is 1. The smallest absolute Gasteiger partial charge is 0.234 e. The summed E-state index contributed by atoms with van der Waals surface area (Å²) in [6.45, 7) is 0.515. The van der Waals surface area contributed by atoms with Crippen molar-refractivity contribution in [1.29, 1.82) is 0 Å². The van der Waals surface area contributed by atoms with Gasteiger partial charge in [-0.15, -0.1) is 0 Å². The Kier molecular flexibility index (Phi) is 1.82. The van der Waals surface area contributed by atoms with Gasteiger partial charge in [-0.3, -0.25) is 4.79 Å². The van der Waals surface area contributed by atoms with Crippen LogP contribution in [0.1, 0.15) is 25.7 Å². The lowest BCUT2D eigenvalue weighted by Crippen LogP contribution is -2.59. The summed E-state index contributed by atoms with van der Waals surface area (Å²) in [6, 6.07) is 0.978. The minimum atomic E-state index is 0.160. The molecule has 0 radical (unpaired) electrons. The second-order valence-electron chi connectivity index (χ2n) is 3.45. The standard InChI is InChI=1S/C8H14N2O/c11-8-5-9-6-3-1-2-4-7(6)10-8/h6-7,9H,1-5H2,(H,10,11)/t6-,7-/m0/s1. The van der Waals surface area contributed by atoms with E-state index < -0.39 is 0 Å². The average molecular weight is 154 g/mol. The zero-order valence-corrected chi connectivity index (χ0v) is 6.60. The van der Waals surface area contributed by atoms with E-state index in [0.717, 1.165) is 6.42 Å². The quantitative estimate of drug-likeness (QED) is 0.516. The Morgan fingerprint density at radius 1 is 1.18 bits per heavy atom. The van der Waals surface area contributed by atoms with E-state index in [1.165, 1.54) is 19.3 Å². The molecular formula is C8H14N2O. The van der Waals surface area contributed by atoms with Gasteiger partial charge in [-0.1, -0.05) is 12.8 Å². The van der Waals surface area contributed by atoms with Crippen molar-refractivity contribution in [1.82, 2.24) is 10.6 Å². The fraction of sp³-hybridized carbons (Fsp3) is 0.875. The zero-order chi connectivity index (χ0) is 7.68. The highest BCUT2D eigenvalue weighted by Gasteiger charge is 2.29. The molecule has 1 amide bonds. The second-order valence-corrected chi connectivity index (χ2v) is 3.45. The van der Waals surface area contributed by atoms with Gasteiger partial charge in [0, 0.05) is 12.1 Å². The fourth-order valence-electron chi connectivity index (χ4n) is 2.03. The molecule has 2 atom stereocenters. The molecule has 11 heavy (non-hydrogen) atoms. The molecule has 1 saturated heterocycles. The number of nitrogens with one attached hydrogen (secondary N) is 2. The minimum absolute atomic E-state index is 0.160. The van der Waals surface area contributed by atoms with Crippen LogP contribution in [0.5, 0.6) is 0 Å². The summed E-state index contributed by atoms with van der Waals surface area (Å²) in [5.74, 6) is 0.160. The van der Waals surface area contributed by atoms with Gasteiger partial charge in [0.05, 0.1) is 6.54 Å². The third-order valence-corrected chi connectivity index (χ3v) is 2.64. The molecule has 0 unspecified atom stereocenters. The van der Waals surface area contributed by atoms with Crippen LogP contribution < -0.4 is 10.6 Å². The first-order valence-electron chi connectivity index (χ1n) is 4.39. The molecule has 0 aromatic carbocycles. The van der Waals surface area contributed by atoms with E-state index in [9.17, 15) is 4.79 Å². The van der Waals surface area contributed by atoms with E-state index in [2.05, 4.69) is 10.6 Å². The summed E-state index contributed by atoms with van der Waals surface area (Å²) in [6.07, 6.45) is 4.96. The van der Waals surface area contributed by atoms with Crippen molar-refractivity contribution in [3.05, 3.63) is 0 Å². The first-order valence-corrected chi connectivity index (χ1v) is 4.39. The van der Waals surface area contributed by atoms with E-state index in [1.54, 1.807) is 0 Å². The van der Waals surface area contributed by atoms with Crippen molar-refractivity contribution in [3.63, 3.8) is 0 Å². The number of piperazine rings is 1. The molecule has 3 heteroatoms. The van der Waals surface area contributed by atoms with E-state index in [1.807, 2.05) is 0 Å². The SMILES string of the molecule is O=C1CN[C@H]2CCCC[C@@H]2N1. The van der Waals surface area contributed by atoms with Crippen LogP contribution in [0.25, 0.3) is 0 Å². The van der Waals surface area contributed by atoms with Crippen LogP contribution in [-0.4, -0.2) is 24.5 Å². The molecule has 0 bridgehead atoms. The highest BCUT2D eigenvalue weighted by Crippen LogP contribution is 2.19. The molecule has 1 heterocycles. The number of fused-ring (bicyclic) bond motifs is 1. The van der Waals surface area contributed by atoms with Gasteiger partial charge < -0.3 is 10.6 Å². The lowest BCUT2D eigenvalue weighted by Gasteiger charge is -2.36. The number of carbonyl (C=O) groups excluding carboxylic acids is 1. The molecule has 2 rings (SSSR count). The summed E-state index contributed by atoms with van der Waals surface area (Å²) in [5, 5.41) is 6.28. The first kappa shape index (κ1) is 7.10. The number of hydrogen-bond donors (Lipinski definition) is 2. The molecular weight excluding hydrogens is 140 g/mol. The maximum atomic E-state index is 10.9. The van der Waals surface area contributed by atoms with Gasteiger partial charge in [-0.25, -0.2) is 0 Å². The number of hydrogen-bond acceptors (Lipinski definition) is 2. The van der Waals surface area contributed by atoms with Crippen molar-refractivity contribution in [3.8, 4) is 0 Å². The van der Waals surface area contributed by atoms with Crippen molar-refractivity contribution in [2.75, 3.05) is 6.54 Å². The van der Waals surface area contributed by atoms with E-state index in [0.29, 0.717) is 18.6 Å². The Morgan fingerprint density at radius 3 is 2.73 bits per heavy atom. The van der Waals surface area contributed by atoms with Gasteiger partial charge in [-0.05, 0) is 12.8 Å². The highest BCUT2D eigenvalue weighted by molar-refractivity contribution is 5.79. The van der Waals surface area contributed by atoms with E-state index >= 15 is 0 Å². The molecule has 1 saturated carbocycles. The minimum Gasteiger partial charge on any atom is -0.351 e. The monoisotopic (exact) mass is 154 g/mol. The molecule has 62 valence electrons. The largest absolute Gasteiger partial charge is 0.351 e. The van der Waals surface area contributed by atoms with Gasteiger partial charge in [0.1, 0.15) is 0 Å². The third-order valence-electron chi connectivity index (χ3n) is 2.64. The Morgan fingerprint density at radius 2 is 1.91 bits per heavy atom. The number of rotatable bonds is 0. The molecule has 1 aliphatic heterocycles. The van der Waals surface area contributed by atoms with Crippen LogP contribution in [0.15, 0.2) is 0 Å². The van der Waals surface area contributed by atoms with Crippen molar-refractivity contribution in [2.45, 2.75) is 37.8 Å². The maximum absolute atomic E-state index is 10.9. The molecule has 2 fully saturated rings. The Balaban J connectivity index is 1.98. The van der Waals surface area contributed by atoms with Gasteiger partial charge in [0.25, 0.3) is 0 Å². The molecule has 0 aromatic heterocycles. The van der Waals surface area contributed by atoms with Crippen molar-refractivity contribution in [2.24, 2.45) is 0 Å². The molecule has 2 N–H and O–H groups in total. The summed E-state index contributed by atoms with van der Waals surface area (Å²) >= 11 is 0. The topological polar surface area (TPSA) is 41.1 Å². The predicted molar refractivity (Wildman–Crippen MR) is 42.2 cm³/mol. The Bertz CT molecular complexity index is 169. The molecule has 1 aliphatic carbocycles. The van der Waals surface area contributed by atoms with Crippen LogP contribution in [0.4, 0.5) is 0 Å². The first-order chi connectivity index (χ1) is 5.36. The van der Waals surface area contributed by atoms with Crippen molar-refractivity contribution < 1.29 is 4.79 Å². The van der Waals surface area contributed by atoms with E-state index in [-0.39, 0.29) is 5.91 Å². The van der Waals surface area contributed by atoms with Gasteiger partial charge in [0.2, 0.25) is 5.91 Å². The second kappa shape index (κ2) is 2.81. The average Bonchev–Trinajstić information content (AvgIpc) is 2.04. The molecule has 2 aliphatic rings. The lowest BCUT2D eigenvalue weighted by molar-refractivity contribution is -0.123. The Labute approximate surface area is 66.5 Å². The summed E-state index contributed by atoms with van der Waals surface area (Å²) < 4.78 is 0. The predicted octanol–water partition coefficient (Wildman–Crippen LogP) is 0.0170. The molecule has 0 spiro atoms. The fourth-order valence-corrected chi connectivity index (χ4v) is 2.03.